The quantitative estimate of drug-likeness (QED) is 0.671. The molecule has 76 valence electrons. The van der Waals surface area contributed by atoms with Crippen molar-refractivity contribution >= 4 is 5.97 Å². The van der Waals surface area contributed by atoms with Crippen molar-refractivity contribution in [2.24, 2.45) is 11.3 Å². The zero-order valence-corrected chi connectivity index (χ0v) is 8.72. The molecule has 0 unspecified atom stereocenters. The molecule has 3 heteroatoms. The molecule has 0 atom stereocenters. The van der Waals surface area contributed by atoms with Gasteiger partial charge in [-0.25, -0.2) is 0 Å². The Balaban J connectivity index is 2.08. The third-order valence-corrected chi connectivity index (χ3v) is 2.21. The zero-order valence-electron chi connectivity index (χ0n) is 8.72. The topological polar surface area (TPSA) is 38.3 Å². The molecule has 3 nitrogen and oxygen atoms in total. The van der Waals surface area contributed by atoms with Gasteiger partial charge < -0.3 is 10.1 Å². The van der Waals surface area contributed by atoms with Crippen LogP contribution in [0.2, 0.25) is 0 Å². The molecule has 0 aromatic heterocycles. The van der Waals surface area contributed by atoms with Crippen molar-refractivity contribution in [1.29, 1.82) is 0 Å². The van der Waals surface area contributed by atoms with Crippen LogP contribution in [0.5, 0.6) is 0 Å². The average molecular weight is 185 g/mol. The molecule has 0 aromatic rings. The lowest BCUT2D eigenvalue weighted by Crippen LogP contribution is -2.47. The fourth-order valence-corrected chi connectivity index (χ4v) is 1.03. The molecular formula is C10H19NO2. The van der Waals surface area contributed by atoms with Gasteiger partial charge in [0.15, 0.2) is 0 Å². The van der Waals surface area contributed by atoms with Crippen molar-refractivity contribution < 1.29 is 9.53 Å². The highest BCUT2D eigenvalue weighted by atomic mass is 16.5. The van der Waals surface area contributed by atoms with E-state index in [4.69, 9.17) is 4.74 Å². The molecule has 0 aromatic carbocycles. The second-order valence-electron chi connectivity index (χ2n) is 4.83. The smallest absolute Gasteiger partial charge is 0.311 e. The molecule has 1 N–H and O–H groups in total. The number of carbonyl (C=O) groups excluding carboxylic acids is 1. The summed E-state index contributed by atoms with van der Waals surface area (Å²) in [5.74, 6) is 0.0722. The van der Waals surface area contributed by atoms with Gasteiger partial charge in [-0.2, -0.15) is 0 Å². The number of carbonyl (C=O) groups is 1. The summed E-state index contributed by atoms with van der Waals surface area (Å²) in [5, 5.41) is 3.05. The minimum absolute atomic E-state index is 0.0389. The summed E-state index contributed by atoms with van der Waals surface area (Å²) >= 11 is 0. The maximum Gasteiger partial charge on any atom is 0.311 e. The second kappa shape index (κ2) is 4.09. The summed E-state index contributed by atoms with van der Waals surface area (Å²) in [6.07, 6.45) is 0.929. The van der Waals surface area contributed by atoms with Crippen molar-refractivity contribution in [3.05, 3.63) is 0 Å². The molecule has 1 rings (SSSR count). The van der Waals surface area contributed by atoms with E-state index < -0.39 is 0 Å². The minimum Gasteiger partial charge on any atom is -0.465 e. The van der Waals surface area contributed by atoms with E-state index in [1.807, 2.05) is 0 Å². The van der Waals surface area contributed by atoms with Crippen LogP contribution in [0.4, 0.5) is 0 Å². The summed E-state index contributed by atoms with van der Waals surface area (Å²) in [6, 6.07) is 0. The van der Waals surface area contributed by atoms with Crippen LogP contribution in [0.25, 0.3) is 0 Å². The number of hydrogen-bond acceptors (Lipinski definition) is 3. The molecule has 0 radical (unpaired) electrons. The molecule has 1 aliphatic rings. The highest BCUT2D eigenvalue weighted by molar-refractivity contribution is 5.73. The molecule has 1 fully saturated rings. The van der Waals surface area contributed by atoms with Gasteiger partial charge in [0.1, 0.15) is 0 Å². The van der Waals surface area contributed by atoms with Crippen molar-refractivity contribution in [3.8, 4) is 0 Å². The number of hydrogen-bond donors (Lipinski definition) is 1. The molecule has 0 aliphatic carbocycles. The Morgan fingerprint density at radius 1 is 1.46 bits per heavy atom. The van der Waals surface area contributed by atoms with Crippen molar-refractivity contribution in [2.45, 2.75) is 27.2 Å². The van der Waals surface area contributed by atoms with Crippen LogP contribution in [-0.2, 0) is 9.53 Å². The summed E-state index contributed by atoms with van der Waals surface area (Å²) in [4.78, 5) is 11.2. The number of nitrogens with one attached hydrogen (secondary N) is 1. The monoisotopic (exact) mass is 185 g/mol. The highest BCUT2D eigenvalue weighted by Crippen LogP contribution is 2.18. The van der Waals surface area contributed by atoms with E-state index >= 15 is 0 Å². The summed E-state index contributed by atoms with van der Waals surface area (Å²) in [7, 11) is 0. The van der Waals surface area contributed by atoms with Crippen LogP contribution in [0.1, 0.15) is 27.2 Å². The molecule has 1 saturated heterocycles. The Kier molecular flexibility index (Phi) is 3.31. The van der Waals surface area contributed by atoms with Gasteiger partial charge in [0.05, 0.1) is 12.5 Å². The van der Waals surface area contributed by atoms with E-state index in [1.54, 1.807) is 0 Å². The van der Waals surface area contributed by atoms with Crippen LogP contribution in [0, 0.1) is 11.3 Å². The Morgan fingerprint density at radius 3 is 2.46 bits per heavy atom. The van der Waals surface area contributed by atoms with Gasteiger partial charge in [-0.15, -0.1) is 0 Å². The standard InChI is InChI=1S/C10H19NO2/c1-10(2,3)4-5-13-9(12)8-6-11-7-8/h8,11H,4-7H2,1-3H3. The van der Waals surface area contributed by atoms with E-state index in [0.29, 0.717) is 6.61 Å². The Hall–Kier alpha value is -0.570. The fourth-order valence-electron chi connectivity index (χ4n) is 1.03. The summed E-state index contributed by atoms with van der Waals surface area (Å²) in [6.45, 7) is 8.56. The van der Waals surface area contributed by atoms with Crippen molar-refractivity contribution in [2.75, 3.05) is 19.7 Å². The summed E-state index contributed by atoms with van der Waals surface area (Å²) in [5.41, 5.74) is 0.248. The predicted molar refractivity (Wildman–Crippen MR) is 51.4 cm³/mol. The molecule has 13 heavy (non-hydrogen) atoms. The first-order valence-corrected chi connectivity index (χ1v) is 4.86. The molecule has 0 bridgehead atoms. The fraction of sp³-hybridized carbons (Fsp3) is 0.900. The van der Waals surface area contributed by atoms with Gasteiger partial charge in [0.2, 0.25) is 0 Å². The molecule has 0 saturated carbocycles. The zero-order chi connectivity index (χ0) is 9.90. The molecule has 0 spiro atoms. The molecule has 1 heterocycles. The normalized spacial score (nSPS) is 18.1. The van der Waals surface area contributed by atoms with Gasteiger partial charge >= 0.3 is 5.97 Å². The van der Waals surface area contributed by atoms with Crippen LogP contribution >= 0.6 is 0 Å². The number of rotatable bonds is 3. The largest absolute Gasteiger partial charge is 0.465 e. The minimum atomic E-state index is -0.0389. The lowest BCUT2D eigenvalue weighted by molar-refractivity contribution is -0.150. The molecule has 1 aliphatic heterocycles. The number of ether oxygens (including phenoxy) is 1. The third-order valence-electron chi connectivity index (χ3n) is 2.21. The van der Waals surface area contributed by atoms with E-state index in [0.717, 1.165) is 19.5 Å². The molecule has 0 amide bonds. The van der Waals surface area contributed by atoms with Gasteiger partial charge in [-0.1, -0.05) is 20.8 Å². The highest BCUT2D eigenvalue weighted by Gasteiger charge is 2.26. The van der Waals surface area contributed by atoms with Crippen molar-refractivity contribution in [1.82, 2.24) is 5.32 Å². The van der Waals surface area contributed by atoms with Crippen LogP contribution < -0.4 is 5.32 Å². The third kappa shape index (κ3) is 3.77. The lowest BCUT2D eigenvalue weighted by Gasteiger charge is -2.25. The van der Waals surface area contributed by atoms with E-state index in [-0.39, 0.29) is 17.3 Å². The van der Waals surface area contributed by atoms with Gasteiger partial charge in [0, 0.05) is 13.1 Å². The van der Waals surface area contributed by atoms with Crippen molar-refractivity contribution in [3.63, 3.8) is 0 Å². The second-order valence-corrected chi connectivity index (χ2v) is 4.83. The summed E-state index contributed by atoms with van der Waals surface area (Å²) < 4.78 is 5.14. The predicted octanol–water partition coefficient (Wildman–Crippen LogP) is 1.19. The first-order valence-electron chi connectivity index (χ1n) is 4.86. The first-order chi connectivity index (χ1) is 5.99. The SMILES string of the molecule is CC(C)(C)CCOC(=O)C1CNC1. The van der Waals surface area contributed by atoms with E-state index in [1.165, 1.54) is 0 Å². The van der Waals surface area contributed by atoms with Crippen LogP contribution in [0.3, 0.4) is 0 Å². The van der Waals surface area contributed by atoms with E-state index in [9.17, 15) is 4.79 Å². The maximum atomic E-state index is 11.2. The molecular weight excluding hydrogens is 166 g/mol. The number of esters is 1. The maximum absolute atomic E-state index is 11.2. The van der Waals surface area contributed by atoms with Gasteiger partial charge in [-0.3, -0.25) is 4.79 Å². The average Bonchev–Trinajstić information content (AvgIpc) is 1.79. The van der Waals surface area contributed by atoms with Crippen LogP contribution in [-0.4, -0.2) is 25.7 Å². The van der Waals surface area contributed by atoms with Crippen LogP contribution in [0.15, 0.2) is 0 Å². The van der Waals surface area contributed by atoms with Gasteiger partial charge in [0.25, 0.3) is 0 Å². The first kappa shape index (κ1) is 10.5. The Morgan fingerprint density at radius 2 is 2.08 bits per heavy atom. The lowest BCUT2D eigenvalue weighted by atomic mass is 9.93. The van der Waals surface area contributed by atoms with E-state index in [2.05, 4.69) is 26.1 Å². The Bertz CT molecular complexity index is 180. The Labute approximate surface area is 79.8 Å². The van der Waals surface area contributed by atoms with Gasteiger partial charge in [-0.05, 0) is 11.8 Å².